The number of carbonyl (C=O) groups excluding carboxylic acids is 4. The number of benzene rings is 3. The van der Waals surface area contributed by atoms with Crippen LogP contribution in [0.5, 0.6) is 0 Å². The number of carbonyl (C=O) groups is 4. The van der Waals surface area contributed by atoms with Crippen LogP contribution in [-0.2, 0) is 38.8 Å². The summed E-state index contributed by atoms with van der Waals surface area (Å²) in [5.41, 5.74) is 18.5. The van der Waals surface area contributed by atoms with E-state index in [2.05, 4.69) is 4.99 Å². The molecule has 12 heteroatoms. The van der Waals surface area contributed by atoms with E-state index in [0.717, 1.165) is 0 Å². The molecule has 0 fully saturated rings. The van der Waals surface area contributed by atoms with Crippen molar-refractivity contribution in [2.75, 3.05) is 6.54 Å². The lowest BCUT2D eigenvalue weighted by atomic mass is 10.1. The summed E-state index contributed by atoms with van der Waals surface area (Å²) in [7, 11) is 0. The molecule has 4 amide bonds. The summed E-state index contributed by atoms with van der Waals surface area (Å²) in [6.07, 6.45) is -4.40. The van der Waals surface area contributed by atoms with Gasteiger partial charge in [0.25, 0.3) is 0 Å². The van der Waals surface area contributed by atoms with Crippen LogP contribution >= 0.6 is 0 Å². The molecule has 0 aliphatic carbocycles. The number of nitrogens with two attached hydrogens (primary N) is 3. The third-order valence-corrected chi connectivity index (χ3v) is 6.05. The predicted molar refractivity (Wildman–Crippen MR) is 153 cm³/mol. The number of rotatable bonds is 11. The molecular formula is C30H34N5O7+. The molecule has 0 radical (unpaired) electrons. The van der Waals surface area contributed by atoms with Crippen LogP contribution < -0.4 is 17.2 Å². The van der Waals surface area contributed by atoms with Gasteiger partial charge in [0.1, 0.15) is 25.9 Å². The molecule has 6 N–H and O–H groups in total. The quantitative estimate of drug-likeness (QED) is 0.0998. The number of guanidine groups is 1. The second-order valence-corrected chi connectivity index (χ2v) is 9.18. The van der Waals surface area contributed by atoms with Gasteiger partial charge >= 0.3 is 24.2 Å². The lowest BCUT2D eigenvalue weighted by Gasteiger charge is -2.26. The van der Waals surface area contributed by atoms with Gasteiger partial charge in [-0.05, 0) is 29.5 Å². The van der Waals surface area contributed by atoms with Crippen molar-refractivity contribution in [2.45, 2.75) is 38.7 Å². The van der Waals surface area contributed by atoms with Gasteiger partial charge in [-0.25, -0.2) is 4.79 Å². The summed E-state index contributed by atoms with van der Waals surface area (Å²) >= 11 is 0. The number of quaternary nitrogens is 1. The number of aliphatic imine (C=N–C) groups is 1. The molecule has 0 aliphatic rings. The Balaban J connectivity index is 1.97. The molecule has 0 saturated heterocycles. The first-order valence-electron chi connectivity index (χ1n) is 13.1. The van der Waals surface area contributed by atoms with E-state index < -0.39 is 34.7 Å². The van der Waals surface area contributed by atoms with Crippen molar-refractivity contribution >= 4 is 30.1 Å². The van der Waals surface area contributed by atoms with Crippen molar-refractivity contribution in [1.29, 1.82) is 0 Å². The molecule has 0 saturated carbocycles. The van der Waals surface area contributed by atoms with Crippen molar-refractivity contribution < 1.29 is 37.9 Å². The van der Waals surface area contributed by atoms with E-state index >= 15 is 0 Å². The Morgan fingerprint density at radius 2 is 1.00 bits per heavy atom. The molecule has 3 rings (SSSR count). The second kappa shape index (κ2) is 15.6. The van der Waals surface area contributed by atoms with Crippen LogP contribution in [0.4, 0.5) is 14.4 Å². The molecule has 12 nitrogen and oxygen atoms in total. The van der Waals surface area contributed by atoms with E-state index in [1.165, 1.54) is 0 Å². The second-order valence-electron chi connectivity index (χ2n) is 9.18. The predicted octanol–water partition coefficient (Wildman–Crippen LogP) is 3.72. The molecule has 0 heterocycles. The largest absolute Gasteiger partial charge is 0.546 e. The summed E-state index contributed by atoms with van der Waals surface area (Å²) in [6.45, 7) is -0.904. The van der Waals surface area contributed by atoms with Crippen LogP contribution in [0.3, 0.4) is 0 Å². The van der Waals surface area contributed by atoms with E-state index in [4.69, 9.17) is 31.4 Å². The van der Waals surface area contributed by atoms with Crippen LogP contribution in [-0.4, -0.2) is 47.2 Å². The van der Waals surface area contributed by atoms with Gasteiger partial charge in [-0.15, -0.1) is 0 Å². The first kappa shape index (κ1) is 31.5. The fourth-order valence-electron chi connectivity index (χ4n) is 3.83. The zero-order valence-electron chi connectivity index (χ0n) is 23.0. The molecule has 0 spiro atoms. The highest BCUT2D eigenvalue weighted by Gasteiger charge is 2.66. The Hall–Kier alpha value is -5.07. The molecule has 220 valence electrons. The number of imide groups is 6. The van der Waals surface area contributed by atoms with Gasteiger partial charge in [-0.2, -0.15) is 14.4 Å². The Kier molecular flexibility index (Phi) is 11.7. The molecule has 3 aromatic carbocycles. The van der Waals surface area contributed by atoms with Gasteiger partial charge in [0, 0.05) is 11.0 Å². The molecule has 0 bridgehead atoms. The van der Waals surface area contributed by atoms with E-state index in [-0.39, 0.29) is 45.2 Å². The van der Waals surface area contributed by atoms with Crippen molar-refractivity contribution in [3.8, 4) is 0 Å². The van der Waals surface area contributed by atoms with Crippen LogP contribution in [0.15, 0.2) is 96.0 Å². The number of amides is 4. The van der Waals surface area contributed by atoms with Gasteiger partial charge in [-0.1, -0.05) is 91.0 Å². The van der Waals surface area contributed by atoms with Crippen LogP contribution in [0, 0.1) is 0 Å². The maximum Gasteiger partial charge on any atom is 0.546 e. The van der Waals surface area contributed by atoms with E-state index in [1.807, 2.05) is 0 Å². The van der Waals surface area contributed by atoms with E-state index in [9.17, 15) is 19.2 Å². The third-order valence-electron chi connectivity index (χ3n) is 6.05. The monoisotopic (exact) mass is 576 g/mol. The highest BCUT2D eigenvalue weighted by atomic mass is 16.6. The SMILES string of the molecule is NC(N)=NCCC[C@H](N)C(=O)[N+](C(=O)OCc1ccccc1)(C(=O)OCc1ccccc1)C(=O)OCc1ccccc1. The Morgan fingerprint density at radius 1 is 0.643 bits per heavy atom. The average Bonchev–Trinajstić information content (AvgIpc) is 3.01. The van der Waals surface area contributed by atoms with Gasteiger partial charge < -0.3 is 31.4 Å². The fourth-order valence-corrected chi connectivity index (χ4v) is 3.83. The molecule has 1 atom stereocenters. The zero-order valence-corrected chi connectivity index (χ0v) is 23.0. The van der Waals surface area contributed by atoms with E-state index in [1.54, 1.807) is 91.0 Å². The first-order chi connectivity index (χ1) is 20.2. The minimum atomic E-state index is -2.20. The lowest BCUT2D eigenvalue weighted by molar-refractivity contribution is -0.637. The van der Waals surface area contributed by atoms with Gasteiger partial charge in [-0.3, -0.25) is 4.99 Å². The maximum atomic E-state index is 13.9. The smallest absolute Gasteiger partial charge is 0.414 e. The van der Waals surface area contributed by atoms with Crippen molar-refractivity contribution in [3.63, 3.8) is 0 Å². The summed E-state index contributed by atoms with van der Waals surface area (Å²) in [6, 6.07) is 24.1. The van der Waals surface area contributed by atoms with Gasteiger partial charge in [0.15, 0.2) is 5.96 Å². The van der Waals surface area contributed by atoms with E-state index in [0.29, 0.717) is 16.7 Å². The summed E-state index contributed by atoms with van der Waals surface area (Å²) in [5.74, 6) is -1.44. The Bertz CT molecular complexity index is 1230. The molecule has 0 unspecified atom stereocenters. The first-order valence-corrected chi connectivity index (χ1v) is 13.1. The number of hydrogen-bond donors (Lipinski definition) is 3. The fraction of sp³-hybridized carbons (Fsp3) is 0.233. The molecule has 3 aromatic rings. The van der Waals surface area contributed by atoms with Gasteiger partial charge in [0.2, 0.25) is 0 Å². The van der Waals surface area contributed by atoms with Crippen LogP contribution in [0.1, 0.15) is 29.5 Å². The van der Waals surface area contributed by atoms with Crippen LogP contribution in [0.25, 0.3) is 0 Å². The standard InChI is InChI=1S/C30H34N5O7/c31-25(17-10-18-34-27(32)33)26(36)35(28(37)40-19-22-11-4-1-5-12-22,29(38)41-20-23-13-6-2-7-14-23)30(39)42-21-24-15-8-3-9-16-24/h1-9,11-16,25H,10,17-21,31H2,(H4,32,33,34)/q+1/t25-/m0/s1. The molecule has 0 aliphatic heterocycles. The number of hydrogen-bond acceptors (Lipinski definition) is 9. The molecule has 0 aromatic heterocycles. The highest BCUT2D eigenvalue weighted by Crippen LogP contribution is 2.23. The topological polar surface area (TPSA) is 186 Å². The Morgan fingerprint density at radius 3 is 1.33 bits per heavy atom. The summed E-state index contributed by atoms with van der Waals surface area (Å²) in [4.78, 5) is 58.9. The van der Waals surface area contributed by atoms with Crippen molar-refractivity contribution in [1.82, 2.24) is 0 Å². The highest BCUT2D eigenvalue weighted by molar-refractivity contribution is 6.05. The average molecular weight is 577 g/mol. The minimum Gasteiger partial charge on any atom is -0.414 e. The zero-order chi connectivity index (χ0) is 30.4. The third kappa shape index (κ3) is 8.46. The van der Waals surface area contributed by atoms with Crippen molar-refractivity contribution in [2.24, 2.45) is 22.2 Å². The number of nitrogens with zero attached hydrogens (tertiary/aromatic N) is 2. The van der Waals surface area contributed by atoms with Crippen LogP contribution in [0.2, 0.25) is 0 Å². The summed E-state index contributed by atoms with van der Waals surface area (Å²) < 4.78 is 13.9. The molecule has 42 heavy (non-hydrogen) atoms. The van der Waals surface area contributed by atoms with Crippen molar-refractivity contribution in [3.05, 3.63) is 108 Å². The number of ether oxygens (including phenoxy) is 3. The lowest BCUT2D eigenvalue weighted by Crippen LogP contribution is -2.68. The minimum absolute atomic E-state index is 0.0699. The Labute approximate surface area is 243 Å². The molecular weight excluding hydrogens is 542 g/mol. The maximum absolute atomic E-state index is 13.9. The summed E-state index contributed by atoms with van der Waals surface area (Å²) in [5, 5.41) is 0. The normalized spacial score (nSPS) is 11.5. The van der Waals surface area contributed by atoms with Gasteiger partial charge in [0.05, 0.1) is 0 Å².